The first kappa shape index (κ1) is 15.0. The Morgan fingerprint density at radius 1 is 1.50 bits per heavy atom. The zero-order valence-corrected chi connectivity index (χ0v) is 12.3. The quantitative estimate of drug-likeness (QED) is 0.847. The molecular formula is C13H18BrNO3. The maximum Gasteiger partial charge on any atom is 0.320 e. The number of aliphatic carboxylic acids is 1. The molecule has 2 N–H and O–H groups in total. The number of rotatable bonds is 6. The van der Waals surface area contributed by atoms with E-state index in [9.17, 15) is 4.79 Å². The molecule has 4 nitrogen and oxygen atoms in total. The maximum atomic E-state index is 11.1. The summed E-state index contributed by atoms with van der Waals surface area (Å²) in [7, 11) is 1.61. The molecular weight excluding hydrogens is 298 g/mol. The van der Waals surface area contributed by atoms with E-state index in [1.807, 2.05) is 32.0 Å². The first-order chi connectivity index (χ1) is 8.45. The Balaban J connectivity index is 2.75. The number of methoxy groups -OCH3 is 1. The second-order valence-corrected chi connectivity index (χ2v) is 5.25. The van der Waals surface area contributed by atoms with E-state index < -0.39 is 12.0 Å². The SMILES string of the molecule is COc1ccc(Br)c(CN[C@@H](C(=O)O)C(C)C)c1. The molecule has 5 heteroatoms. The van der Waals surface area contributed by atoms with E-state index in [0.717, 1.165) is 15.8 Å². The highest BCUT2D eigenvalue weighted by atomic mass is 79.9. The number of hydrogen-bond donors (Lipinski definition) is 2. The van der Waals surface area contributed by atoms with Gasteiger partial charge in [-0.05, 0) is 29.7 Å². The second-order valence-electron chi connectivity index (χ2n) is 4.40. The van der Waals surface area contributed by atoms with Gasteiger partial charge in [-0.15, -0.1) is 0 Å². The topological polar surface area (TPSA) is 58.6 Å². The van der Waals surface area contributed by atoms with E-state index >= 15 is 0 Å². The molecule has 0 fully saturated rings. The van der Waals surface area contributed by atoms with Crippen molar-refractivity contribution in [2.24, 2.45) is 5.92 Å². The van der Waals surface area contributed by atoms with Crippen molar-refractivity contribution >= 4 is 21.9 Å². The molecule has 1 atom stereocenters. The van der Waals surface area contributed by atoms with Crippen molar-refractivity contribution in [1.82, 2.24) is 5.32 Å². The maximum absolute atomic E-state index is 11.1. The Hall–Kier alpha value is -1.07. The van der Waals surface area contributed by atoms with Crippen LogP contribution < -0.4 is 10.1 Å². The summed E-state index contributed by atoms with van der Waals surface area (Å²) >= 11 is 3.44. The molecule has 1 aromatic rings. The molecule has 0 radical (unpaired) electrons. The van der Waals surface area contributed by atoms with Crippen molar-refractivity contribution in [3.05, 3.63) is 28.2 Å². The van der Waals surface area contributed by atoms with Crippen LogP contribution in [0.1, 0.15) is 19.4 Å². The van der Waals surface area contributed by atoms with Crippen molar-refractivity contribution in [3.8, 4) is 5.75 Å². The van der Waals surface area contributed by atoms with Gasteiger partial charge in [-0.1, -0.05) is 29.8 Å². The van der Waals surface area contributed by atoms with Gasteiger partial charge in [0.05, 0.1) is 7.11 Å². The fraction of sp³-hybridized carbons (Fsp3) is 0.462. The van der Waals surface area contributed by atoms with Gasteiger partial charge in [-0.3, -0.25) is 4.79 Å². The Bertz CT molecular complexity index is 421. The van der Waals surface area contributed by atoms with Gasteiger partial charge in [-0.25, -0.2) is 0 Å². The standard InChI is InChI=1S/C13H18BrNO3/c1-8(2)12(13(16)17)15-7-9-6-10(18-3)4-5-11(9)14/h4-6,8,12,15H,7H2,1-3H3,(H,16,17)/t12-/m1/s1. The lowest BCUT2D eigenvalue weighted by molar-refractivity contribution is -0.140. The average Bonchev–Trinajstić information content (AvgIpc) is 2.30. The van der Waals surface area contributed by atoms with E-state index in [0.29, 0.717) is 6.54 Å². The molecule has 0 heterocycles. The second kappa shape index (κ2) is 6.75. The van der Waals surface area contributed by atoms with E-state index in [1.165, 1.54) is 0 Å². The molecule has 0 bridgehead atoms. The fourth-order valence-corrected chi connectivity index (χ4v) is 2.03. The Morgan fingerprint density at radius 3 is 2.67 bits per heavy atom. The number of hydrogen-bond acceptors (Lipinski definition) is 3. The highest BCUT2D eigenvalue weighted by molar-refractivity contribution is 9.10. The van der Waals surface area contributed by atoms with Gasteiger partial charge >= 0.3 is 5.97 Å². The molecule has 0 amide bonds. The summed E-state index contributed by atoms with van der Waals surface area (Å²) in [4.78, 5) is 11.1. The van der Waals surface area contributed by atoms with Crippen molar-refractivity contribution in [2.75, 3.05) is 7.11 Å². The number of carboxylic acid groups (broad SMARTS) is 1. The first-order valence-electron chi connectivity index (χ1n) is 5.74. The largest absolute Gasteiger partial charge is 0.497 e. The first-order valence-corrected chi connectivity index (χ1v) is 6.53. The number of benzene rings is 1. The number of carbonyl (C=O) groups is 1. The smallest absolute Gasteiger partial charge is 0.320 e. The summed E-state index contributed by atoms with van der Waals surface area (Å²) in [6.07, 6.45) is 0. The Morgan fingerprint density at radius 2 is 2.17 bits per heavy atom. The van der Waals surface area contributed by atoms with Crippen molar-refractivity contribution < 1.29 is 14.6 Å². The van der Waals surface area contributed by atoms with Gasteiger partial charge in [0.15, 0.2) is 0 Å². The third kappa shape index (κ3) is 3.99. The van der Waals surface area contributed by atoms with Crippen LogP contribution in [0.3, 0.4) is 0 Å². The van der Waals surface area contributed by atoms with Crippen molar-refractivity contribution in [3.63, 3.8) is 0 Å². The van der Waals surface area contributed by atoms with E-state index in [4.69, 9.17) is 9.84 Å². The normalized spacial score (nSPS) is 12.5. The molecule has 0 aliphatic heterocycles. The van der Waals surface area contributed by atoms with Crippen LogP contribution in [0.25, 0.3) is 0 Å². The van der Waals surface area contributed by atoms with E-state index in [-0.39, 0.29) is 5.92 Å². The molecule has 0 spiro atoms. The van der Waals surface area contributed by atoms with Gasteiger partial charge in [0, 0.05) is 11.0 Å². The van der Waals surface area contributed by atoms with Crippen LogP contribution in [0.5, 0.6) is 5.75 Å². The van der Waals surface area contributed by atoms with E-state index in [2.05, 4.69) is 21.2 Å². The number of nitrogens with one attached hydrogen (secondary N) is 1. The molecule has 0 aliphatic rings. The number of ether oxygens (including phenoxy) is 1. The molecule has 0 saturated heterocycles. The fourth-order valence-electron chi connectivity index (χ4n) is 1.64. The molecule has 100 valence electrons. The van der Waals surface area contributed by atoms with Crippen molar-refractivity contribution in [2.45, 2.75) is 26.4 Å². The summed E-state index contributed by atoms with van der Waals surface area (Å²) in [5, 5.41) is 12.1. The van der Waals surface area contributed by atoms with Crippen LogP contribution in [0.15, 0.2) is 22.7 Å². The van der Waals surface area contributed by atoms with Gasteiger partial charge in [0.1, 0.15) is 11.8 Å². The Kier molecular flexibility index (Phi) is 5.62. The molecule has 0 unspecified atom stereocenters. The molecule has 0 aromatic heterocycles. The lowest BCUT2D eigenvalue weighted by Crippen LogP contribution is -2.40. The minimum atomic E-state index is -0.830. The Labute approximate surface area is 115 Å². The summed E-state index contributed by atoms with van der Waals surface area (Å²) < 4.78 is 6.08. The van der Waals surface area contributed by atoms with Crippen LogP contribution in [0, 0.1) is 5.92 Å². The van der Waals surface area contributed by atoms with Crippen LogP contribution in [0.2, 0.25) is 0 Å². The lowest BCUT2D eigenvalue weighted by Gasteiger charge is -2.18. The summed E-state index contributed by atoms with van der Waals surface area (Å²) in [6.45, 7) is 4.24. The highest BCUT2D eigenvalue weighted by Gasteiger charge is 2.20. The lowest BCUT2D eigenvalue weighted by atomic mass is 10.0. The summed E-state index contributed by atoms with van der Waals surface area (Å²) in [5.41, 5.74) is 0.973. The average molecular weight is 316 g/mol. The number of carboxylic acids is 1. The van der Waals surface area contributed by atoms with Gasteiger partial charge in [-0.2, -0.15) is 0 Å². The molecule has 0 saturated carbocycles. The molecule has 1 aromatic carbocycles. The molecule has 1 rings (SSSR count). The van der Waals surface area contributed by atoms with Crippen LogP contribution >= 0.6 is 15.9 Å². The molecule has 18 heavy (non-hydrogen) atoms. The predicted octanol–water partition coefficient (Wildman–Crippen LogP) is 2.66. The van der Waals surface area contributed by atoms with Gasteiger partial charge in [0.25, 0.3) is 0 Å². The summed E-state index contributed by atoms with van der Waals surface area (Å²) in [5.74, 6) is -0.0395. The van der Waals surface area contributed by atoms with Crippen LogP contribution in [-0.4, -0.2) is 24.2 Å². The van der Waals surface area contributed by atoms with Crippen molar-refractivity contribution in [1.29, 1.82) is 0 Å². The number of halogens is 1. The predicted molar refractivity (Wildman–Crippen MR) is 73.8 cm³/mol. The minimum absolute atomic E-state index is 0.0342. The summed E-state index contributed by atoms with van der Waals surface area (Å²) in [6, 6.07) is 5.07. The zero-order chi connectivity index (χ0) is 13.7. The monoisotopic (exact) mass is 315 g/mol. The zero-order valence-electron chi connectivity index (χ0n) is 10.7. The third-order valence-electron chi connectivity index (χ3n) is 2.70. The minimum Gasteiger partial charge on any atom is -0.497 e. The van der Waals surface area contributed by atoms with Gasteiger partial charge in [0.2, 0.25) is 0 Å². The molecule has 0 aliphatic carbocycles. The van der Waals surface area contributed by atoms with Crippen LogP contribution in [-0.2, 0) is 11.3 Å². The van der Waals surface area contributed by atoms with Crippen LogP contribution in [0.4, 0.5) is 0 Å². The van der Waals surface area contributed by atoms with E-state index in [1.54, 1.807) is 7.11 Å². The third-order valence-corrected chi connectivity index (χ3v) is 3.47. The highest BCUT2D eigenvalue weighted by Crippen LogP contribution is 2.22. The van der Waals surface area contributed by atoms with Gasteiger partial charge < -0.3 is 15.2 Å².